The summed E-state index contributed by atoms with van der Waals surface area (Å²) in [5.74, 6) is 0.472. The van der Waals surface area contributed by atoms with Crippen LogP contribution < -0.4 is 27.0 Å². The number of anilines is 4. The van der Waals surface area contributed by atoms with Crippen LogP contribution in [0.4, 0.5) is 27.8 Å². The fourth-order valence-corrected chi connectivity index (χ4v) is 4.67. The number of nitrogens with two attached hydrogens (primary N) is 2. The fourth-order valence-electron chi connectivity index (χ4n) is 4.29. The standard InChI is InChI=1S/C24H27BrN10O2/c1-24(2,3)37-23(36)35-8-6-34(7-9-35)16-5-4-13(25)10-14(16)19-17-18(28)15(11-26)20(29)32-21(17)33-22(31-19)30-12-27/h4-5,10,19H,6-9H2,1-3H3,(H6,28,29,30,31,32,33). The minimum Gasteiger partial charge on any atom is -0.444 e. The average molecular weight is 567 g/mol. The van der Waals surface area contributed by atoms with Gasteiger partial charge in [-0.3, -0.25) is 5.32 Å². The number of nitrogens with one attached hydrogen (secondary N) is 2. The molecule has 0 saturated carbocycles. The molecule has 12 nitrogen and oxygen atoms in total. The van der Waals surface area contributed by atoms with Crippen LogP contribution in [0, 0.1) is 22.8 Å². The van der Waals surface area contributed by atoms with Crippen LogP contribution in [0.5, 0.6) is 0 Å². The normalized spacial score (nSPS) is 17.0. The minimum absolute atomic E-state index is 0.0176. The lowest BCUT2D eigenvalue weighted by molar-refractivity contribution is 0.0240. The maximum Gasteiger partial charge on any atom is 0.410 e. The van der Waals surface area contributed by atoms with Crippen molar-refractivity contribution < 1.29 is 9.53 Å². The van der Waals surface area contributed by atoms with E-state index in [2.05, 4.69) is 36.4 Å². The van der Waals surface area contributed by atoms with Crippen LogP contribution >= 0.6 is 15.9 Å². The fraction of sp³-hybridized carbons (Fsp3) is 0.375. The number of amides is 1. The van der Waals surface area contributed by atoms with E-state index in [4.69, 9.17) is 21.2 Å². The predicted molar refractivity (Wildman–Crippen MR) is 144 cm³/mol. The summed E-state index contributed by atoms with van der Waals surface area (Å²) < 4.78 is 6.33. The van der Waals surface area contributed by atoms with Crippen LogP contribution in [0.15, 0.2) is 27.7 Å². The third-order valence-corrected chi connectivity index (χ3v) is 6.41. The third-order valence-electron chi connectivity index (χ3n) is 5.91. The molecule has 1 atom stereocenters. The van der Waals surface area contributed by atoms with E-state index in [1.165, 1.54) is 0 Å². The van der Waals surface area contributed by atoms with E-state index in [0.717, 1.165) is 15.7 Å². The second kappa shape index (κ2) is 10.0. The average Bonchev–Trinajstić information content (AvgIpc) is 2.83. The first-order valence-corrected chi connectivity index (χ1v) is 12.3. The molecule has 1 fully saturated rings. The number of carbonyl (C=O) groups excluding carboxylic acids is 1. The van der Waals surface area contributed by atoms with Crippen LogP contribution in [0.3, 0.4) is 0 Å². The summed E-state index contributed by atoms with van der Waals surface area (Å²) in [6.45, 7) is 7.62. The monoisotopic (exact) mass is 566 g/mol. The molecular formula is C24H27BrN10O2. The molecule has 0 bridgehead atoms. The highest BCUT2D eigenvalue weighted by atomic mass is 79.9. The van der Waals surface area contributed by atoms with Gasteiger partial charge < -0.3 is 31.3 Å². The number of nitriles is 2. The van der Waals surface area contributed by atoms with Crippen LogP contribution in [-0.2, 0) is 4.74 Å². The Bertz CT molecular complexity index is 1350. The number of ether oxygens (including phenoxy) is 1. The smallest absolute Gasteiger partial charge is 0.410 e. The number of carbonyl (C=O) groups is 1. The number of rotatable bonds is 2. The van der Waals surface area contributed by atoms with Gasteiger partial charge in [-0.2, -0.15) is 10.5 Å². The second-order valence-corrected chi connectivity index (χ2v) is 10.5. The van der Waals surface area contributed by atoms with Gasteiger partial charge in [-0.25, -0.2) is 14.8 Å². The SMILES string of the molecule is CC(C)(C)OC(=O)N1CCN(c2ccc(Br)cc2C2N=C(NC#N)Nc3nc(N)c(C#N)c(N)c32)CC1. The van der Waals surface area contributed by atoms with Gasteiger partial charge in [0.25, 0.3) is 0 Å². The van der Waals surface area contributed by atoms with Gasteiger partial charge in [0.15, 0.2) is 6.19 Å². The molecular weight excluding hydrogens is 540 g/mol. The Labute approximate surface area is 223 Å². The molecule has 1 aromatic carbocycles. The molecule has 0 radical (unpaired) electrons. The molecule has 192 valence electrons. The van der Waals surface area contributed by atoms with Gasteiger partial charge in [0.05, 0.1) is 5.69 Å². The highest BCUT2D eigenvalue weighted by Gasteiger charge is 2.33. The molecule has 2 aliphatic heterocycles. The Morgan fingerprint density at radius 1 is 1.24 bits per heavy atom. The van der Waals surface area contributed by atoms with Crippen molar-refractivity contribution in [1.29, 1.82) is 10.5 Å². The first kappa shape index (κ1) is 25.9. The van der Waals surface area contributed by atoms with Crippen LogP contribution in [-0.4, -0.2) is 53.7 Å². The zero-order valence-electron chi connectivity index (χ0n) is 20.7. The van der Waals surface area contributed by atoms with Gasteiger partial charge in [0, 0.05) is 47.5 Å². The number of piperazine rings is 1. The molecule has 1 amide bonds. The minimum atomic E-state index is -0.691. The molecule has 3 heterocycles. The first-order valence-electron chi connectivity index (χ1n) is 11.5. The van der Waals surface area contributed by atoms with Gasteiger partial charge in [0.1, 0.15) is 34.9 Å². The lowest BCUT2D eigenvalue weighted by atomic mass is 9.93. The molecule has 0 aliphatic carbocycles. The van der Waals surface area contributed by atoms with Crippen molar-refractivity contribution in [3.8, 4) is 12.3 Å². The van der Waals surface area contributed by atoms with Gasteiger partial charge in [-0.1, -0.05) is 15.9 Å². The Balaban J connectivity index is 1.73. The molecule has 2 aliphatic rings. The van der Waals surface area contributed by atoms with Crippen LogP contribution in [0.1, 0.15) is 43.5 Å². The molecule has 0 spiro atoms. The largest absolute Gasteiger partial charge is 0.444 e. The van der Waals surface area contributed by atoms with Crippen molar-refractivity contribution in [2.75, 3.05) is 47.9 Å². The summed E-state index contributed by atoms with van der Waals surface area (Å²) >= 11 is 3.55. The van der Waals surface area contributed by atoms with Crippen molar-refractivity contribution in [1.82, 2.24) is 15.2 Å². The Morgan fingerprint density at radius 3 is 2.57 bits per heavy atom. The number of halogens is 1. The van der Waals surface area contributed by atoms with Crippen molar-refractivity contribution >= 4 is 51.0 Å². The van der Waals surface area contributed by atoms with Crippen molar-refractivity contribution in [2.45, 2.75) is 32.4 Å². The number of guanidine groups is 1. The molecule has 1 unspecified atom stereocenters. The molecule has 13 heteroatoms. The number of hydrogen-bond acceptors (Lipinski definition) is 11. The lowest BCUT2D eigenvalue weighted by Crippen LogP contribution is -2.50. The van der Waals surface area contributed by atoms with E-state index >= 15 is 0 Å². The summed E-state index contributed by atoms with van der Waals surface area (Å²) in [4.78, 5) is 25.4. The number of benzene rings is 1. The summed E-state index contributed by atoms with van der Waals surface area (Å²) in [6, 6.07) is 7.13. The van der Waals surface area contributed by atoms with Crippen LogP contribution in [0.25, 0.3) is 0 Å². The molecule has 4 rings (SSSR count). The second-order valence-electron chi connectivity index (χ2n) is 9.56. The Kier molecular flexibility index (Phi) is 7.01. The topological polar surface area (TPSA) is 182 Å². The molecule has 6 N–H and O–H groups in total. The number of fused-ring (bicyclic) bond motifs is 1. The van der Waals surface area contributed by atoms with E-state index in [9.17, 15) is 15.3 Å². The lowest BCUT2D eigenvalue weighted by Gasteiger charge is -2.38. The number of nitrogen functional groups attached to an aromatic ring is 2. The van der Waals surface area contributed by atoms with E-state index in [0.29, 0.717) is 37.6 Å². The quantitative estimate of drug-likeness (QED) is 0.311. The maximum atomic E-state index is 12.5. The predicted octanol–water partition coefficient (Wildman–Crippen LogP) is 2.88. The highest BCUT2D eigenvalue weighted by Crippen LogP contribution is 2.44. The molecule has 2 aromatic rings. The van der Waals surface area contributed by atoms with E-state index in [1.807, 2.05) is 51.2 Å². The van der Waals surface area contributed by atoms with Gasteiger partial charge in [0.2, 0.25) is 5.96 Å². The summed E-state index contributed by atoms with van der Waals surface area (Å²) in [5.41, 5.74) is 14.2. The van der Waals surface area contributed by atoms with Gasteiger partial charge in [-0.15, -0.1) is 0 Å². The summed E-state index contributed by atoms with van der Waals surface area (Å²) in [6.07, 6.45) is 1.52. The van der Waals surface area contributed by atoms with Gasteiger partial charge in [-0.05, 0) is 39.0 Å². The number of aromatic nitrogens is 1. The zero-order valence-corrected chi connectivity index (χ0v) is 22.3. The Hall–Kier alpha value is -4.23. The van der Waals surface area contributed by atoms with E-state index in [1.54, 1.807) is 4.90 Å². The summed E-state index contributed by atoms with van der Waals surface area (Å²) in [7, 11) is 0. The number of nitrogens with zero attached hydrogens (tertiary/aromatic N) is 6. The molecule has 1 saturated heterocycles. The van der Waals surface area contributed by atoms with Gasteiger partial charge >= 0.3 is 6.09 Å². The van der Waals surface area contributed by atoms with Crippen molar-refractivity contribution in [3.63, 3.8) is 0 Å². The molecule has 1 aromatic heterocycles. The number of pyridine rings is 1. The van der Waals surface area contributed by atoms with E-state index in [-0.39, 0.29) is 29.1 Å². The third kappa shape index (κ3) is 5.32. The van der Waals surface area contributed by atoms with Crippen molar-refractivity contribution in [3.05, 3.63) is 39.4 Å². The Morgan fingerprint density at radius 2 is 1.95 bits per heavy atom. The highest BCUT2D eigenvalue weighted by molar-refractivity contribution is 9.10. The number of aliphatic imine (C=N–C) groups is 1. The maximum absolute atomic E-state index is 12.5. The number of hydrogen-bond donors (Lipinski definition) is 4. The zero-order chi connectivity index (χ0) is 26.9. The first-order chi connectivity index (χ1) is 17.5. The molecule has 37 heavy (non-hydrogen) atoms. The van der Waals surface area contributed by atoms with Crippen molar-refractivity contribution in [2.24, 2.45) is 4.99 Å². The summed E-state index contributed by atoms with van der Waals surface area (Å²) in [5, 5.41) is 24.3. The van der Waals surface area contributed by atoms with E-state index < -0.39 is 11.6 Å². The van der Waals surface area contributed by atoms with Crippen LogP contribution in [0.2, 0.25) is 0 Å².